The molecule has 18 heavy (non-hydrogen) atoms. The number of hydrogen-bond acceptors (Lipinski definition) is 2. The van der Waals surface area contributed by atoms with E-state index >= 15 is 0 Å². The van der Waals surface area contributed by atoms with Gasteiger partial charge in [-0.3, -0.25) is 0 Å². The Labute approximate surface area is 100 Å². The van der Waals surface area contributed by atoms with Crippen molar-refractivity contribution in [2.75, 3.05) is 18.0 Å². The molecule has 7 heteroatoms. The van der Waals surface area contributed by atoms with Crippen LogP contribution in [0.3, 0.4) is 0 Å². The van der Waals surface area contributed by atoms with Crippen LogP contribution >= 0.6 is 0 Å². The second-order valence-electron chi connectivity index (χ2n) is 4.27. The molecule has 1 saturated heterocycles. The van der Waals surface area contributed by atoms with Gasteiger partial charge in [0.1, 0.15) is 5.69 Å². The lowest BCUT2D eigenvalue weighted by Gasteiger charge is -2.33. The Kier molecular flexibility index (Phi) is 3.43. The molecular formula is C11H11F5N2. The lowest BCUT2D eigenvalue weighted by atomic mass is 10.1. The van der Waals surface area contributed by atoms with E-state index in [1.54, 1.807) is 0 Å². The summed E-state index contributed by atoms with van der Waals surface area (Å²) in [5.41, 5.74) is 4.73. The van der Waals surface area contributed by atoms with Crippen molar-refractivity contribution in [1.29, 1.82) is 0 Å². The molecule has 1 atom stereocenters. The Balaban J connectivity index is 2.50. The first-order valence-corrected chi connectivity index (χ1v) is 5.45. The molecule has 1 fully saturated rings. The molecule has 1 heterocycles. The number of nitrogens with two attached hydrogens (primary N) is 1. The minimum absolute atomic E-state index is 0.0678. The van der Waals surface area contributed by atoms with Crippen LogP contribution in [0.25, 0.3) is 0 Å². The molecule has 1 aliphatic rings. The molecule has 1 unspecified atom stereocenters. The van der Waals surface area contributed by atoms with Crippen molar-refractivity contribution in [3.8, 4) is 0 Å². The van der Waals surface area contributed by atoms with E-state index in [1.807, 2.05) is 0 Å². The van der Waals surface area contributed by atoms with Gasteiger partial charge in [-0.25, -0.2) is 22.0 Å². The fraction of sp³-hybridized carbons (Fsp3) is 0.455. The quantitative estimate of drug-likeness (QED) is 0.480. The third-order valence-corrected chi connectivity index (χ3v) is 2.96. The highest BCUT2D eigenvalue weighted by atomic mass is 19.2. The average molecular weight is 266 g/mol. The molecule has 100 valence electrons. The maximum absolute atomic E-state index is 13.5. The Morgan fingerprint density at radius 1 is 0.889 bits per heavy atom. The average Bonchev–Trinajstić information content (AvgIpc) is 2.34. The maximum Gasteiger partial charge on any atom is 0.200 e. The molecule has 2 N–H and O–H groups in total. The van der Waals surface area contributed by atoms with Gasteiger partial charge in [-0.2, -0.15) is 0 Å². The van der Waals surface area contributed by atoms with E-state index in [0.717, 1.165) is 4.90 Å². The van der Waals surface area contributed by atoms with Crippen molar-refractivity contribution in [2.24, 2.45) is 5.73 Å². The van der Waals surface area contributed by atoms with E-state index in [9.17, 15) is 22.0 Å². The SMILES string of the molecule is NC1CCCN(c2c(F)c(F)c(F)c(F)c2F)C1. The Morgan fingerprint density at radius 2 is 1.39 bits per heavy atom. The van der Waals surface area contributed by atoms with Crippen molar-refractivity contribution in [2.45, 2.75) is 18.9 Å². The number of piperidine rings is 1. The van der Waals surface area contributed by atoms with Crippen molar-refractivity contribution in [1.82, 2.24) is 0 Å². The normalized spacial score (nSPS) is 20.3. The molecule has 0 spiro atoms. The topological polar surface area (TPSA) is 29.3 Å². The fourth-order valence-electron chi connectivity index (χ4n) is 2.08. The Morgan fingerprint density at radius 3 is 1.89 bits per heavy atom. The summed E-state index contributed by atoms with van der Waals surface area (Å²) in [6, 6.07) is -0.339. The number of rotatable bonds is 1. The zero-order valence-electron chi connectivity index (χ0n) is 9.32. The maximum atomic E-state index is 13.5. The van der Waals surface area contributed by atoms with Gasteiger partial charge in [-0.15, -0.1) is 0 Å². The summed E-state index contributed by atoms with van der Waals surface area (Å²) in [4.78, 5) is 1.10. The van der Waals surface area contributed by atoms with E-state index in [2.05, 4.69) is 0 Å². The zero-order valence-corrected chi connectivity index (χ0v) is 9.32. The summed E-state index contributed by atoms with van der Waals surface area (Å²) in [6.45, 7) is 0.282. The van der Waals surface area contributed by atoms with Gasteiger partial charge < -0.3 is 10.6 Å². The van der Waals surface area contributed by atoms with E-state index in [4.69, 9.17) is 5.73 Å². The Bertz CT molecular complexity index is 448. The molecule has 0 aliphatic carbocycles. The summed E-state index contributed by atoms with van der Waals surface area (Å²) in [5, 5.41) is 0. The van der Waals surface area contributed by atoms with Crippen LogP contribution in [0.2, 0.25) is 0 Å². The predicted molar refractivity (Wildman–Crippen MR) is 55.7 cm³/mol. The molecule has 0 radical (unpaired) electrons. The van der Waals surface area contributed by atoms with Crippen LogP contribution in [-0.2, 0) is 0 Å². The van der Waals surface area contributed by atoms with Crippen LogP contribution in [0.4, 0.5) is 27.6 Å². The van der Waals surface area contributed by atoms with Crippen molar-refractivity contribution in [3.05, 3.63) is 29.1 Å². The smallest absolute Gasteiger partial charge is 0.200 e. The molecule has 2 rings (SSSR count). The van der Waals surface area contributed by atoms with Gasteiger partial charge in [0, 0.05) is 19.1 Å². The number of halogens is 5. The first kappa shape index (κ1) is 13.1. The standard InChI is InChI=1S/C11H11F5N2/c12-6-7(13)9(15)11(10(16)8(6)14)18-3-1-2-5(17)4-18/h5H,1-4,17H2. The van der Waals surface area contributed by atoms with Gasteiger partial charge in [-0.1, -0.05) is 0 Å². The Hall–Kier alpha value is -1.37. The van der Waals surface area contributed by atoms with Crippen LogP contribution < -0.4 is 10.6 Å². The number of anilines is 1. The molecule has 1 aromatic rings. The van der Waals surface area contributed by atoms with Gasteiger partial charge in [0.15, 0.2) is 23.3 Å². The monoisotopic (exact) mass is 266 g/mol. The second-order valence-corrected chi connectivity index (χ2v) is 4.27. The molecule has 0 amide bonds. The van der Waals surface area contributed by atoms with Crippen molar-refractivity contribution in [3.63, 3.8) is 0 Å². The van der Waals surface area contributed by atoms with E-state index in [1.165, 1.54) is 0 Å². The summed E-state index contributed by atoms with van der Waals surface area (Å²) in [7, 11) is 0. The number of nitrogens with zero attached hydrogens (tertiary/aromatic N) is 1. The largest absolute Gasteiger partial charge is 0.365 e. The molecule has 1 aliphatic heterocycles. The molecule has 0 saturated carbocycles. The van der Waals surface area contributed by atoms with E-state index in [-0.39, 0.29) is 19.1 Å². The van der Waals surface area contributed by atoms with Crippen LogP contribution in [0.15, 0.2) is 0 Å². The van der Waals surface area contributed by atoms with Gasteiger partial charge >= 0.3 is 0 Å². The highest BCUT2D eigenvalue weighted by molar-refractivity contribution is 5.51. The molecule has 0 bridgehead atoms. The van der Waals surface area contributed by atoms with Crippen LogP contribution in [0.5, 0.6) is 0 Å². The molecule has 2 nitrogen and oxygen atoms in total. The van der Waals surface area contributed by atoms with Crippen LogP contribution in [0, 0.1) is 29.1 Å². The third-order valence-electron chi connectivity index (χ3n) is 2.96. The van der Waals surface area contributed by atoms with Gasteiger partial charge in [0.05, 0.1) is 0 Å². The van der Waals surface area contributed by atoms with Crippen molar-refractivity contribution < 1.29 is 22.0 Å². The molecular weight excluding hydrogens is 255 g/mol. The van der Waals surface area contributed by atoms with Crippen LogP contribution in [-0.4, -0.2) is 19.1 Å². The van der Waals surface area contributed by atoms with E-state index in [0.29, 0.717) is 12.8 Å². The van der Waals surface area contributed by atoms with E-state index < -0.39 is 34.8 Å². The minimum atomic E-state index is -2.14. The third kappa shape index (κ3) is 2.03. The van der Waals surface area contributed by atoms with Gasteiger partial charge in [0.25, 0.3) is 0 Å². The highest BCUT2D eigenvalue weighted by Crippen LogP contribution is 2.31. The predicted octanol–water partition coefficient (Wildman–Crippen LogP) is 2.31. The summed E-state index contributed by atoms with van der Waals surface area (Å²) >= 11 is 0. The summed E-state index contributed by atoms with van der Waals surface area (Å²) in [6.07, 6.45) is 1.20. The summed E-state index contributed by atoms with van der Waals surface area (Å²) < 4.78 is 66.0. The minimum Gasteiger partial charge on any atom is -0.365 e. The van der Waals surface area contributed by atoms with Gasteiger partial charge in [-0.05, 0) is 12.8 Å². The first-order valence-electron chi connectivity index (χ1n) is 5.45. The van der Waals surface area contributed by atoms with Gasteiger partial charge in [0.2, 0.25) is 5.82 Å². The highest BCUT2D eigenvalue weighted by Gasteiger charge is 2.30. The van der Waals surface area contributed by atoms with Crippen LogP contribution in [0.1, 0.15) is 12.8 Å². The zero-order chi connectivity index (χ0) is 13.4. The molecule has 1 aromatic carbocycles. The lowest BCUT2D eigenvalue weighted by Crippen LogP contribution is -2.43. The van der Waals surface area contributed by atoms with Crippen molar-refractivity contribution >= 4 is 5.69 Å². The number of hydrogen-bond donors (Lipinski definition) is 1. The lowest BCUT2D eigenvalue weighted by molar-refractivity contribution is 0.374. The first-order chi connectivity index (χ1) is 8.43. The second kappa shape index (κ2) is 4.72. The molecule has 0 aromatic heterocycles. The summed E-state index contributed by atoms with van der Waals surface area (Å²) in [5.74, 6) is -9.61. The number of benzene rings is 1. The fourth-order valence-corrected chi connectivity index (χ4v) is 2.08.